The molecule has 0 radical (unpaired) electrons. The predicted octanol–water partition coefficient (Wildman–Crippen LogP) is 4.79. The number of tetrazole rings is 1. The standard InChI is InChI=1S/C26H19N7O4S/c1-38(34,35)17-11-9-16(10-12-17)36-23-14-20-21(29-26(28-20)19-7-4-5-13-27-19)15-24(23)37-22-8-3-2-6-18(22)25-30-32-33-31-25/h2-15H,1H3,(H,28,29)(H,30,31,32,33). The number of H-pyrrole nitrogens is 2. The van der Waals surface area contributed by atoms with Gasteiger partial charge in [-0.25, -0.2) is 13.4 Å². The van der Waals surface area contributed by atoms with Crippen molar-refractivity contribution in [2.24, 2.45) is 0 Å². The van der Waals surface area contributed by atoms with Crippen molar-refractivity contribution in [3.05, 3.63) is 85.1 Å². The van der Waals surface area contributed by atoms with Gasteiger partial charge in [0, 0.05) is 24.6 Å². The number of sulfone groups is 1. The van der Waals surface area contributed by atoms with Gasteiger partial charge in [0.25, 0.3) is 0 Å². The summed E-state index contributed by atoms with van der Waals surface area (Å²) >= 11 is 0. The molecular formula is C26H19N7O4S. The highest BCUT2D eigenvalue weighted by Crippen LogP contribution is 2.40. The number of fused-ring (bicyclic) bond motifs is 1. The third-order valence-electron chi connectivity index (χ3n) is 5.63. The van der Waals surface area contributed by atoms with Crippen LogP contribution >= 0.6 is 0 Å². The average Bonchev–Trinajstić information content (AvgIpc) is 3.60. The van der Waals surface area contributed by atoms with Crippen LogP contribution in [0.2, 0.25) is 0 Å². The molecule has 0 spiro atoms. The normalized spacial score (nSPS) is 11.5. The van der Waals surface area contributed by atoms with E-state index in [2.05, 4.69) is 35.6 Å². The lowest BCUT2D eigenvalue weighted by atomic mass is 10.2. The molecule has 0 saturated carbocycles. The molecule has 0 amide bonds. The van der Waals surface area contributed by atoms with E-state index in [1.165, 1.54) is 12.1 Å². The van der Waals surface area contributed by atoms with Crippen molar-refractivity contribution < 1.29 is 17.9 Å². The molecule has 3 heterocycles. The van der Waals surface area contributed by atoms with Gasteiger partial charge in [-0.2, -0.15) is 5.21 Å². The molecule has 6 rings (SSSR count). The third kappa shape index (κ3) is 4.67. The maximum Gasteiger partial charge on any atom is 0.208 e. The largest absolute Gasteiger partial charge is 0.453 e. The van der Waals surface area contributed by atoms with E-state index in [0.29, 0.717) is 56.9 Å². The van der Waals surface area contributed by atoms with Gasteiger partial charge in [-0.15, -0.1) is 10.2 Å². The van der Waals surface area contributed by atoms with E-state index < -0.39 is 9.84 Å². The number of hydrogen-bond donors (Lipinski definition) is 2. The smallest absolute Gasteiger partial charge is 0.208 e. The number of nitrogens with one attached hydrogen (secondary N) is 2. The number of aromatic amines is 2. The Hall–Kier alpha value is -5.10. The summed E-state index contributed by atoms with van der Waals surface area (Å²) < 4.78 is 36.2. The molecule has 0 saturated heterocycles. The Bertz CT molecular complexity index is 1840. The van der Waals surface area contributed by atoms with Crippen molar-refractivity contribution >= 4 is 20.9 Å². The van der Waals surface area contributed by atoms with Crippen LogP contribution in [-0.4, -0.2) is 50.2 Å². The van der Waals surface area contributed by atoms with Crippen molar-refractivity contribution in [1.82, 2.24) is 35.6 Å². The molecule has 0 unspecified atom stereocenters. The molecular weight excluding hydrogens is 506 g/mol. The van der Waals surface area contributed by atoms with Crippen LogP contribution in [0.15, 0.2) is 90.0 Å². The van der Waals surface area contributed by atoms with Crippen LogP contribution < -0.4 is 9.47 Å². The van der Waals surface area contributed by atoms with E-state index in [9.17, 15) is 8.42 Å². The number of aromatic nitrogens is 7. The highest BCUT2D eigenvalue weighted by atomic mass is 32.2. The average molecular weight is 526 g/mol. The van der Waals surface area contributed by atoms with Crippen LogP contribution in [0, 0.1) is 0 Å². The molecule has 3 aromatic heterocycles. The Morgan fingerprint density at radius 1 is 0.842 bits per heavy atom. The second-order valence-corrected chi connectivity index (χ2v) is 10.3. The number of nitrogens with zero attached hydrogens (tertiary/aromatic N) is 5. The zero-order chi connectivity index (χ0) is 26.1. The zero-order valence-corrected chi connectivity index (χ0v) is 20.7. The number of ether oxygens (including phenoxy) is 2. The summed E-state index contributed by atoms with van der Waals surface area (Å²) in [5.74, 6) is 2.62. The maximum atomic E-state index is 11.9. The SMILES string of the molecule is CS(=O)(=O)c1ccc(Oc2cc3[nH]c(-c4ccccn4)nc3cc2Oc2ccccc2-c2nn[nH]n2)cc1. The van der Waals surface area contributed by atoms with E-state index in [1.54, 1.807) is 36.5 Å². The van der Waals surface area contributed by atoms with Crippen LogP contribution in [0.3, 0.4) is 0 Å². The molecule has 0 bridgehead atoms. The minimum absolute atomic E-state index is 0.194. The van der Waals surface area contributed by atoms with E-state index >= 15 is 0 Å². The van der Waals surface area contributed by atoms with Gasteiger partial charge in [0.15, 0.2) is 27.2 Å². The molecule has 2 N–H and O–H groups in total. The highest BCUT2D eigenvalue weighted by molar-refractivity contribution is 7.90. The molecule has 0 fully saturated rings. The summed E-state index contributed by atoms with van der Waals surface area (Å²) in [4.78, 5) is 12.5. The van der Waals surface area contributed by atoms with Gasteiger partial charge in [-0.05, 0) is 53.7 Å². The molecule has 0 aliphatic heterocycles. The topological polar surface area (TPSA) is 149 Å². The molecule has 3 aromatic carbocycles. The quantitative estimate of drug-likeness (QED) is 0.300. The second kappa shape index (κ2) is 9.41. The van der Waals surface area contributed by atoms with Crippen LogP contribution in [0.1, 0.15) is 0 Å². The van der Waals surface area contributed by atoms with Crippen molar-refractivity contribution in [3.8, 4) is 45.9 Å². The van der Waals surface area contributed by atoms with Crippen LogP contribution in [-0.2, 0) is 9.84 Å². The lowest BCUT2D eigenvalue weighted by Gasteiger charge is -2.14. The van der Waals surface area contributed by atoms with Crippen LogP contribution in [0.4, 0.5) is 0 Å². The Morgan fingerprint density at radius 3 is 2.37 bits per heavy atom. The van der Waals surface area contributed by atoms with Crippen molar-refractivity contribution in [2.45, 2.75) is 4.90 Å². The second-order valence-electron chi connectivity index (χ2n) is 8.30. The fraction of sp³-hybridized carbons (Fsp3) is 0.0385. The first-order chi connectivity index (χ1) is 18.4. The molecule has 11 nitrogen and oxygen atoms in total. The lowest BCUT2D eigenvalue weighted by Crippen LogP contribution is -1.97. The first kappa shape index (κ1) is 23.3. The minimum atomic E-state index is -3.34. The first-order valence-corrected chi connectivity index (χ1v) is 13.3. The maximum absolute atomic E-state index is 11.9. The number of benzene rings is 3. The fourth-order valence-corrected chi connectivity index (χ4v) is 4.45. The van der Waals surface area contributed by atoms with Crippen molar-refractivity contribution in [1.29, 1.82) is 0 Å². The molecule has 0 aliphatic rings. The number of hydrogen-bond acceptors (Lipinski definition) is 9. The fourth-order valence-electron chi connectivity index (χ4n) is 3.82. The molecule has 38 heavy (non-hydrogen) atoms. The Morgan fingerprint density at radius 2 is 1.63 bits per heavy atom. The zero-order valence-electron chi connectivity index (χ0n) is 19.9. The summed E-state index contributed by atoms with van der Waals surface area (Å²) in [6.07, 6.45) is 2.85. The van der Waals surface area contributed by atoms with Gasteiger partial charge >= 0.3 is 0 Å². The number of pyridine rings is 1. The molecule has 12 heteroatoms. The Labute approximate surface area is 216 Å². The Kier molecular flexibility index (Phi) is 5.77. The van der Waals surface area contributed by atoms with Gasteiger partial charge in [-0.3, -0.25) is 4.98 Å². The summed E-state index contributed by atoms with van der Waals surface area (Å²) in [7, 11) is -3.34. The van der Waals surface area contributed by atoms with Crippen molar-refractivity contribution in [3.63, 3.8) is 0 Å². The summed E-state index contributed by atoms with van der Waals surface area (Å²) in [6, 6.07) is 22.5. The van der Waals surface area contributed by atoms with Crippen LogP contribution in [0.5, 0.6) is 23.0 Å². The molecule has 0 aliphatic carbocycles. The monoisotopic (exact) mass is 525 g/mol. The lowest BCUT2D eigenvalue weighted by molar-refractivity contribution is 0.420. The molecule has 0 atom stereocenters. The predicted molar refractivity (Wildman–Crippen MR) is 139 cm³/mol. The number of imidazole rings is 1. The third-order valence-corrected chi connectivity index (χ3v) is 6.76. The van der Waals surface area contributed by atoms with Gasteiger partial charge < -0.3 is 14.5 Å². The summed E-state index contributed by atoms with van der Waals surface area (Å²) in [5, 5.41) is 14.2. The highest BCUT2D eigenvalue weighted by Gasteiger charge is 2.18. The van der Waals surface area contributed by atoms with Crippen molar-refractivity contribution in [2.75, 3.05) is 6.26 Å². The van der Waals surface area contributed by atoms with Gasteiger partial charge in [0.2, 0.25) is 5.82 Å². The number of para-hydroxylation sites is 1. The van der Waals surface area contributed by atoms with E-state index in [4.69, 9.17) is 9.47 Å². The summed E-state index contributed by atoms with van der Waals surface area (Å²) in [6.45, 7) is 0. The van der Waals surface area contributed by atoms with Crippen LogP contribution in [0.25, 0.3) is 33.9 Å². The summed E-state index contributed by atoms with van der Waals surface area (Å²) in [5.41, 5.74) is 2.65. The minimum Gasteiger partial charge on any atom is -0.453 e. The Balaban J connectivity index is 1.44. The first-order valence-electron chi connectivity index (χ1n) is 11.4. The number of rotatable bonds is 7. The van der Waals surface area contributed by atoms with Gasteiger partial charge in [-0.1, -0.05) is 18.2 Å². The molecule has 188 valence electrons. The molecule has 6 aromatic rings. The van der Waals surface area contributed by atoms with Gasteiger partial charge in [0.1, 0.15) is 17.2 Å². The van der Waals surface area contributed by atoms with Gasteiger partial charge in [0.05, 0.1) is 21.5 Å². The van der Waals surface area contributed by atoms with E-state index in [1.807, 2.05) is 36.4 Å². The van der Waals surface area contributed by atoms with E-state index in [0.717, 1.165) is 6.26 Å². The van der Waals surface area contributed by atoms with E-state index in [-0.39, 0.29) is 4.90 Å².